The van der Waals surface area contributed by atoms with Crippen molar-refractivity contribution in [3.63, 3.8) is 0 Å². The summed E-state index contributed by atoms with van der Waals surface area (Å²) in [6.07, 6.45) is 2.10. The van der Waals surface area contributed by atoms with Crippen LogP contribution in [0.2, 0.25) is 5.15 Å². The van der Waals surface area contributed by atoms with Crippen molar-refractivity contribution in [2.45, 2.75) is 6.42 Å². The van der Waals surface area contributed by atoms with Gasteiger partial charge in [-0.2, -0.15) is 0 Å². The molecular weight excluding hydrogens is 376 g/mol. The van der Waals surface area contributed by atoms with Crippen LogP contribution in [0.25, 0.3) is 0 Å². The molecule has 0 spiro atoms. The maximum absolute atomic E-state index is 11.9. The lowest BCUT2D eigenvalue weighted by atomic mass is 10.1. The van der Waals surface area contributed by atoms with Gasteiger partial charge in [0, 0.05) is 12.7 Å². The first-order chi connectivity index (χ1) is 12.5. The highest BCUT2D eigenvalue weighted by atomic mass is 35.5. The number of halogens is 1. The molecule has 26 heavy (non-hydrogen) atoms. The van der Waals surface area contributed by atoms with Gasteiger partial charge in [-0.15, -0.1) is 0 Å². The number of methoxy groups -OCH3 is 2. The molecule has 0 radical (unpaired) electrons. The molecule has 1 heterocycles. The molecule has 138 valence electrons. The van der Waals surface area contributed by atoms with Gasteiger partial charge in [0.2, 0.25) is 0 Å². The fourth-order valence-corrected chi connectivity index (χ4v) is 2.36. The molecule has 9 heteroatoms. The first kappa shape index (κ1) is 19.7. The van der Waals surface area contributed by atoms with Crippen molar-refractivity contribution in [3.05, 3.63) is 52.8 Å². The molecule has 2 rings (SSSR count). The summed E-state index contributed by atoms with van der Waals surface area (Å²) < 4.78 is 10.5. The minimum absolute atomic E-state index is 0.306. The van der Waals surface area contributed by atoms with Gasteiger partial charge >= 0.3 is 0 Å². The summed E-state index contributed by atoms with van der Waals surface area (Å²) >= 11 is 10.8. The van der Waals surface area contributed by atoms with Crippen LogP contribution in [0, 0.1) is 0 Å². The fourth-order valence-electron chi connectivity index (χ4n) is 2.10. The average molecular weight is 395 g/mol. The Morgan fingerprint density at radius 2 is 1.92 bits per heavy atom. The Kier molecular flexibility index (Phi) is 7.43. The van der Waals surface area contributed by atoms with Crippen LogP contribution in [0.3, 0.4) is 0 Å². The first-order valence-electron chi connectivity index (χ1n) is 7.70. The van der Waals surface area contributed by atoms with E-state index in [1.54, 1.807) is 20.3 Å². The predicted octanol–water partition coefficient (Wildman–Crippen LogP) is 2.10. The topological polar surface area (TPSA) is 84.5 Å². The van der Waals surface area contributed by atoms with Crippen LogP contribution in [-0.2, 0) is 6.42 Å². The molecule has 3 N–H and O–H groups in total. The van der Waals surface area contributed by atoms with E-state index in [0.29, 0.717) is 33.9 Å². The molecule has 0 fully saturated rings. The van der Waals surface area contributed by atoms with Gasteiger partial charge < -0.3 is 14.8 Å². The second-order valence-electron chi connectivity index (χ2n) is 5.14. The minimum atomic E-state index is -0.363. The first-order valence-corrected chi connectivity index (χ1v) is 8.48. The minimum Gasteiger partial charge on any atom is -0.493 e. The van der Waals surface area contributed by atoms with Gasteiger partial charge in [0.25, 0.3) is 5.91 Å². The van der Waals surface area contributed by atoms with Gasteiger partial charge in [0.1, 0.15) is 5.15 Å². The Morgan fingerprint density at radius 1 is 1.15 bits per heavy atom. The summed E-state index contributed by atoms with van der Waals surface area (Å²) in [7, 11) is 3.19. The largest absolute Gasteiger partial charge is 0.493 e. The second-order valence-corrected chi connectivity index (χ2v) is 5.94. The lowest BCUT2D eigenvalue weighted by Crippen LogP contribution is -2.47. The molecule has 1 aromatic heterocycles. The van der Waals surface area contributed by atoms with Crippen molar-refractivity contribution in [1.29, 1.82) is 0 Å². The van der Waals surface area contributed by atoms with E-state index in [-0.39, 0.29) is 5.91 Å². The number of rotatable bonds is 6. The highest BCUT2D eigenvalue weighted by molar-refractivity contribution is 7.80. The van der Waals surface area contributed by atoms with Crippen LogP contribution in [0.5, 0.6) is 11.5 Å². The molecule has 0 saturated heterocycles. The Labute approximate surface area is 162 Å². The number of amides is 1. The molecule has 0 aliphatic carbocycles. The molecule has 0 aliphatic heterocycles. The van der Waals surface area contributed by atoms with Gasteiger partial charge in [-0.25, -0.2) is 4.98 Å². The summed E-state index contributed by atoms with van der Waals surface area (Å²) in [4.78, 5) is 15.8. The molecule has 0 saturated carbocycles. The highest BCUT2D eigenvalue weighted by Gasteiger charge is 2.07. The van der Waals surface area contributed by atoms with Crippen molar-refractivity contribution >= 4 is 34.8 Å². The normalized spacial score (nSPS) is 9.96. The van der Waals surface area contributed by atoms with E-state index in [4.69, 9.17) is 33.3 Å². The van der Waals surface area contributed by atoms with Crippen molar-refractivity contribution in [2.75, 3.05) is 20.8 Å². The molecule has 7 nitrogen and oxygen atoms in total. The molecule has 0 atom stereocenters. The summed E-state index contributed by atoms with van der Waals surface area (Å²) in [6, 6.07) is 8.82. The Bertz CT molecular complexity index is 771. The Morgan fingerprint density at radius 3 is 2.58 bits per heavy atom. The number of pyridine rings is 1. The standard InChI is InChI=1S/C17H19ClN4O3S/c1-24-13-5-3-11(9-14(13)25-2)7-8-19-17(26)22-21-16(23)12-4-6-15(18)20-10-12/h3-6,9-10H,7-8H2,1-2H3,(H,21,23)(H2,19,22,26). The maximum atomic E-state index is 11.9. The summed E-state index contributed by atoms with van der Waals surface area (Å²) in [6.45, 7) is 0.583. The van der Waals surface area contributed by atoms with Crippen molar-refractivity contribution in [1.82, 2.24) is 21.2 Å². The van der Waals surface area contributed by atoms with E-state index >= 15 is 0 Å². The summed E-state index contributed by atoms with van der Waals surface area (Å²) in [5, 5.41) is 3.64. The molecule has 1 amide bonds. The van der Waals surface area contributed by atoms with Crippen LogP contribution in [0.4, 0.5) is 0 Å². The van der Waals surface area contributed by atoms with Gasteiger partial charge in [0.05, 0.1) is 19.8 Å². The van der Waals surface area contributed by atoms with Crippen molar-refractivity contribution in [3.8, 4) is 11.5 Å². The van der Waals surface area contributed by atoms with E-state index in [1.807, 2.05) is 18.2 Å². The lowest BCUT2D eigenvalue weighted by Gasteiger charge is -2.12. The highest BCUT2D eigenvalue weighted by Crippen LogP contribution is 2.27. The van der Waals surface area contributed by atoms with E-state index in [0.717, 1.165) is 12.0 Å². The number of ether oxygens (including phenoxy) is 2. The molecule has 0 unspecified atom stereocenters. The SMILES string of the molecule is COc1ccc(CCNC(=S)NNC(=O)c2ccc(Cl)nc2)cc1OC. The lowest BCUT2D eigenvalue weighted by molar-refractivity contribution is 0.0943. The molecule has 0 aliphatic rings. The molecule has 1 aromatic carbocycles. The zero-order valence-electron chi connectivity index (χ0n) is 14.3. The van der Waals surface area contributed by atoms with Gasteiger partial charge in [-0.05, 0) is 48.5 Å². The summed E-state index contributed by atoms with van der Waals surface area (Å²) in [5.74, 6) is 0.994. The van der Waals surface area contributed by atoms with E-state index in [9.17, 15) is 4.79 Å². The quantitative estimate of drug-likeness (QED) is 0.393. The van der Waals surface area contributed by atoms with Crippen LogP contribution >= 0.6 is 23.8 Å². The number of hydrazine groups is 1. The number of carbonyl (C=O) groups is 1. The van der Waals surface area contributed by atoms with Gasteiger partial charge in [-0.3, -0.25) is 15.6 Å². The number of hydrogen-bond donors (Lipinski definition) is 3. The van der Waals surface area contributed by atoms with Crippen LogP contribution in [-0.4, -0.2) is 36.8 Å². The third-order valence-corrected chi connectivity index (χ3v) is 3.90. The number of thiocarbonyl (C=S) groups is 1. The summed E-state index contributed by atoms with van der Waals surface area (Å²) in [5.41, 5.74) is 6.56. The zero-order chi connectivity index (χ0) is 18.9. The number of aromatic nitrogens is 1. The van der Waals surface area contributed by atoms with Gasteiger partial charge in [0.15, 0.2) is 16.6 Å². The molecule has 2 aromatic rings. The number of carbonyl (C=O) groups excluding carboxylic acids is 1. The number of nitrogens with zero attached hydrogens (tertiary/aromatic N) is 1. The van der Waals surface area contributed by atoms with Crippen LogP contribution in [0.15, 0.2) is 36.5 Å². The fraction of sp³-hybridized carbons (Fsp3) is 0.235. The van der Waals surface area contributed by atoms with Crippen molar-refractivity contribution in [2.24, 2.45) is 0 Å². The monoisotopic (exact) mass is 394 g/mol. The van der Waals surface area contributed by atoms with Gasteiger partial charge in [-0.1, -0.05) is 17.7 Å². The second kappa shape index (κ2) is 9.79. The third-order valence-electron chi connectivity index (χ3n) is 3.43. The molecule has 0 bridgehead atoms. The number of hydrogen-bond acceptors (Lipinski definition) is 5. The van der Waals surface area contributed by atoms with Crippen molar-refractivity contribution < 1.29 is 14.3 Å². The Balaban J connectivity index is 1.75. The van der Waals surface area contributed by atoms with Crippen LogP contribution < -0.4 is 25.6 Å². The van der Waals surface area contributed by atoms with Crippen LogP contribution in [0.1, 0.15) is 15.9 Å². The zero-order valence-corrected chi connectivity index (χ0v) is 15.9. The average Bonchev–Trinajstić information content (AvgIpc) is 2.66. The maximum Gasteiger partial charge on any atom is 0.271 e. The predicted molar refractivity (Wildman–Crippen MR) is 104 cm³/mol. The Hall–Kier alpha value is -2.58. The van der Waals surface area contributed by atoms with E-state index in [1.165, 1.54) is 12.3 Å². The number of benzene rings is 1. The molecular formula is C17H19ClN4O3S. The van der Waals surface area contributed by atoms with E-state index in [2.05, 4.69) is 21.2 Å². The van der Waals surface area contributed by atoms with E-state index < -0.39 is 0 Å². The number of nitrogens with one attached hydrogen (secondary N) is 3. The smallest absolute Gasteiger partial charge is 0.271 e. The third kappa shape index (κ3) is 5.75.